The maximum Gasteiger partial charge on any atom is 0.259 e. The lowest BCUT2D eigenvalue weighted by Gasteiger charge is -2.34. The second kappa shape index (κ2) is 7.46. The summed E-state index contributed by atoms with van der Waals surface area (Å²) in [6, 6.07) is 0. The van der Waals surface area contributed by atoms with Crippen LogP contribution >= 0.6 is 11.3 Å². The number of aryl methyl sites for hydroxylation is 2. The van der Waals surface area contributed by atoms with E-state index in [-0.39, 0.29) is 11.5 Å². The fraction of sp³-hybridized carbons (Fsp3) is 0.611. The van der Waals surface area contributed by atoms with Crippen LogP contribution in [0.4, 0.5) is 0 Å². The number of nitrogens with zero attached hydrogens (tertiary/aromatic N) is 3. The number of aromatic amines is 1. The highest BCUT2D eigenvalue weighted by Gasteiger charge is 2.23. The molecule has 8 heteroatoms. The summed E-state index contributed by atoms with van der Waals surface area (Å²) in [5, 5.41) is 0.811. The van der Waals surface area contributed by atoms with Crippen LogP contribution in [0.25, 0.3) is 10.2 Å². The third kappa shape index (κ3) is 3.41. The van der Waals surface area contributed by atoms with Gasteiger partial charge in [-0.3, -0.25) is 14.5 Å². The van der Waals surface area contributed by atoms with Crippen LogP contribution in [0, 0.1) is 0 Å². The van der Waals surface area contributed by atoms with Gasteiger partial charge in [-0.1, -0.05) is 0 Å². The standard InChI is InChI=1S/C18H25N5O2S/c19-6-5-15(24)23-9-7-22(8-10-23)11-14-20-17(25)16-12-3-1-2-4-13(12)26-18(16)21-14/h1-11,19H2,(H,20,21,25). The first kappa shape index (κ1) is 17.6. The van der Waals surface area contributed by atoms with Crippen molar-refractivity contribution in [3.63, 3.8) is 0 Å². The van der Waals surface area contributed by atoms with E-state index in [1.165, 1.54) is 16.9 Å². The number of rotatable bonds is 4. The topological polar surface area (TPSA) is 95.3 Å². The number of carbonyl (C=O) groups excluding carboxylic acids is 1. The predicted octanol–water partition coefficient (Wildman–Crippen LogP) is 0.856. The molecular weight excluding hydrogens is 350 g/mol. The van der Waals surface area contributed by atoms with Crippen molar-refractivity contribution in [2.45, 2.75) is 38.6 Å². The predicted molar refractivity (Wildman–Crippen MR) is 102 cm³/mol. The normalized spacial score (nSPS) is 18.3. The smallest absolute Gasteiger partial charge is 0.259 e. The van der Waals surface area contributed by atoms with Gasteiger partial charge in [0.05, 0.1) is 11.9 Å². The van der Waals surface area contributed by atoms with Gasteiger partial charge in [0.2, 0.25) is 5.91 Å². The molecular formula is C18H25N5O2S. The number of amides is 1. The quantitative estimate of drug-likeness (QED) is 0.826. The zero-order valence-corrected chi connectivity index (χ0v) is 15.7. The molecule has 0 unspecified atom stereocenters. The van der Waals surface area contributed by atoms with Crippen molar-refractivity contribution in [1.29, 1.82) is 0 Å². The van der Waals surface area contributed by atoms with Gasteiger partial charge in [-0.2, -0.15) is 0 Å². The Morgan fingerprint density at radius 1 is 1.19 bits per heavy atom. The van der Waals surface area contributed by atoms with Gasteiger partial charge in [-0.05, 0) is 31.2 Å². The summed E-state index contributed by atoms with van der Waals surface area (Å²) in [4.78, 5) is 38.6. The Balaban J connectivity index is 1.47. The first-order chi connectivity index (χ1) is 12.7. The average molecular weight is 375 g/mol. The van der Waals surface area contributed by atoms with E-state index in [4.69, 9.17) is 10.7 Å². The molecule has 0 atom stereocenters. The molecule has 4 rings (SSSR count). The largest absolute Gasteiger partial charge is 0.340 e. The van der Waals surface area contributed by atoms with Gasteiger partial charge >= 0.3 is 0 Å². The number of nitrogens with two attached hydrogens (primary N) is 1. The second-order valence-corrected chi connectivity index (χ2v) is 8.18. The van der Waals surface area contributed by atoms with E-state index in [0.717, 1.165) is 48.4 Å². The zero-order chi connectivity index (χ0) is 18.1. The number of carbonyl (C=O) groups is 1. The van der Waals surface area contributed by atoms with Crippen LogP contribution in [-0.4, -0.2) is 58.4 Å². The molecule has 140 valence electrons. The summed E-state index contributed by atoms with van der Waals surface area (Å²) in [5.74, 6) is 0.854. The molecule has 1 aliphatic heterocycles. The van der Waals surface area contributed by atoms with Gasteiger partial charge in [-0.25, -0.2) is 4.98 Å². The molecule has 1 aliphatic carbocycles. The lowest BCUT2D eigenvalue weighted by molar-refractivity contribution is -0.132. The van der Waals surface area contributed by atoms with Gasteiger partial charge in [0.15, 0.2) is 0 Å². The van der Waals surface area contributed by atoms with E-state index in [2.05, 4.69) is 9.88 Å². The number of hydrogen-bond donors (Lipinski definition) is 2. The molecule has 0 aromatic carbocycles. The maximum absolute atomic E-state index is 12.6. The van der Waals surface area contributed by atoms with Gasteiger partial charge in [0.1, 0.15) is 10.7 Å². The third-order valence-corrected chi connectivity index (χ3v) is 6.52. The van der Waals surface area contributed by atoms with Gasteiger partial charge in [-0.15, -0.1) is 11.3 Å². The Morgan fingerprint density at radius 2 is 1.96 bits per heavy atom. The molecule has 0 radical (unpaired) electrons. The van der Waals surface area contributed by atoms with Crippen LogP contribution in [0.2, 0.25) is 0 Å². The summed E-state index contributed by atoms with van der Waals surface area (Å²) < 4.78 is 0. The van der Waals surface area contributed by atoms with Gasteiger partial charge in [0, 0.05) is 44.0 Å². The fourth-order valence-electron chi connectivity index (χ4n) is 3.93. The lowest BCUT2D eigenvalue weighted by atomic mass is 9.97. The molecule has 3 heterocycles. The molecule has 2 aromatic rings. The molecule has 3 N–H and O–H groups in total. The Kier molecular flexibility index (Phi) is 5.06. The number of nitrogens with one attached hydrogen (secondary N) is 1. The summed E-state index contributed by atoms with van der Waals surface area (Å²) in [6.45, 7) is 4.01. The monoisotopic (exact) mass is 375 g/mol. The number of thiophene rings is 1. The highest BCUT2D eigenvalue weighted by molar-refractivity contribution is 7.18. The van der Waals surface area contributed by atoms with E-state index in [1.54, 1.807) is 11.3 Å². The van der Waals surface area contributed by atoms with Crippen molar-refractivity contribution >= 4 is 27.5 Å². The number of aromatic nitrogens is 2. The summed E-state index contributed by atoms with van der Waals surface area (Å²) in [7, 11) is 0. The minimum absolute atomic E-state index is 0.00107. The highest BCUT2D eigenvalue weighted by Crippen LogP contribution is 2.33. The Labute approximate surface area is 156 Å². The molecule has 2 aromatic heterocycles. The van der Waals surface area contributed by atoms with Crippen LogP contribution in [0.1, 0.15) is 35.5 Å². The van der Waals surface area contributed by atoms with Gasteiger partial charge in [0.25, 0.3) is 5.56 Å². The van der Waals surface area contributed by atoms with Crippen LogP contribution in [0.3, 0.4) is 0 Å². The van der Waals surface area contributed by atoms with Crippen molar-refractivity contribution in [2.24, 2.45) is 5.73 Å². The van der Waals surface area contributed by atoms with Crippen molar-refractivity contribution in [3.8, 4) is 0 Å². The Bertz CT molecular complexity index is 866. The van der Waals surface area contributed by atoms with E-state index in [0.29, 0.717) is 32.6 Å². The molecule has 1 fully saturated rings. The first-order valence-electron chi connectivity index (χ1n) is 9.39. The van der Waals surface area contributed by atoms with Crippen molar-refractivity contribution in [1.82, 2.24) is 19.8 Å². The molecule has 0 spiro atoms. The second-order valence-electron chi connectivity index (χ2n) is 7.10. The SMILES string of the molecule is NCCC(=O)N1CCN(Cc2nc3sc4c(c3c(=O)[nH]2)CCCC4)CC1. The average Bonchev–Trinajstić information content (AvgIpc) is 3.01. The molecule has 26 heavy (non-hydrogen) atoms. The minimum Gasteiger partial charge on any atom is -0.340 e. The van der Waals surface area contributed by atoms with Crippen molar-refractivity contribution in [3.05, 3.63) is 26.6 Å². The van der Waals surface area contributed by atoms with E-state index in [9.17, 15) is 9.59 Å². The summed E-state index contributed by atoms with van der Waals surface area (Å²) in [5.41, 5.74) is 6.69. The van der Waals surface area contributed by atoms with Crippen LogP contribution in [0.5, 0.6) is 0 Å². The maximum atomic E-state index is 12.6. The van der Waals surface area contributed by atoms with E-state index >= 15 is 0 Å². The van der Waals surface area contributed by atoms with Crippen molar-refractivity contribution < 1.29 is 4.79 Å². The van der Waals surface area contributed by atoms with Crippen molar-refractivity contribution in [2.75, 3.05) is 32.7 Å². The van der Waals surface area contributed by atoms with E-state index < -0.39 is 0 Å². The molecule has 0 saturated carbocycles. The molecule has 0 bridgehead atoms. The number of hydrogen-bond acceptors (Lipinski definition) is 6. The minimum atomic E-state index is 0.00107. The molecule has 7 nitrogen and oxygen atoms in total. The summed E-state index contributed by atoms with van der Waals surface area (Å²) in [6.07, 6.45) is 4.85. The van der Waals surface area contributed by atoms with E-state index in [1.807, 2.05) is 4.90 Å². The molecule has 2 aliphatic rings. The lowest BCUT2D eigenvalue weighted by Crippen LogP contribution is -2.48. The Morgan fingerprint density at radius 3 is 2.73 bits per heavy atom. The van der Waals surface area contributed by atoms with Crippen LogP contribution in [0.15, 0.2) is 4.79 Å². The zero-order valence-electron chi connectivity index (χ0n) is 14.9. The first-order valence-corrected chi connectivity index (χ1v) is 10.2. The van der Waals surface area contributed by atoms with Gasteiger partial charge < -0.3 is 15.6 Å². The van der Waals surface area contributed by atoms with Crippen LogP contribution < -0.4 is 11.3 Å². The Hall–Kier alpha value is -1.77. The third-order valence-electron chi connectivity index (χ3n) is 5.33. The number of fused-ring (bicyclic) bond motifs is 3. The van der Waals surface area contributed by atoms with Crippen LogP contribution in [-0.2, 0) is 24.2 Å². The number of H-pyrrole nitrogens is 1. The summed E-state index contributed by atoms with van der Waals surface area (Å²) >= 11 is 1.69. The molecule has 1 saturated heterocycles. The molecule has 1 amide bonds. The highest BCUT2D eigenvalue weighted by atomic mass is 32.1. The number of piperazine rings is 1. The fourth-order valence-corrected chi connectivity index (χ4v) is 5.21.